The maximum absolute atomic E-state index is 13.0. The third-order valence-corrected chi connectivity index (χ3v) is 3.92. The van der Waals surface area contributed by atoms with Gasteiger partial charge in [0.15, 0.2) is 5.78 Å². The summed E-state index contributed by atoms with van der Waals surface area (Å²) in [4.78, 5) is 23.8. The normalized spacial score (nSPS) is 15.0. The quantitative estimate of drug-likeness (QED) is 0.549. The molecule has 0 saturated carbocycles. The van der Waals surface area contributed by atoms with Crippen molar-refractivity contribution in [3.63, 3.8) is 0 Å². The van der Waals surface area contributed by atoms with Crippen molar-refractivity contribution in [2.45, 2.75) is 0 Å². The summed E-state index contributed by atoms with van der Waals surface area (Å²) in [5.74, 6) is -0.0471. The third-order valence-electron chi connectivity index (χ3n) is 3.92. The molecule has 0 amide bonds. The number of aromatic amines is 2. The molecule has 1 aliphatic rings. The van der Waals surface area contributed by atoms with E-state index in [0.29, 0.717) is 16.8 Å². The van der Waals surface area contributed by atoms with Crippen LogP contribution in [0.2, 0.25) is 0 Å². The summed E-state index contributed by atoms with van der Waals surface area (Å²) in [5, 5.41) is 0. The molecule has 2 N–H and O–H groups in total. The summed E-state index contributed by atoms with van der Waals surface area (Å²) in [7, 11) is 0. The van der Waals surface area contributed by atoms with Crippen LogP contribution in [0.1, 0.15) is 16.1 Å². The number of H-pyrrole nitrogens is 2. The number of carbonyl (C=O) groups excluding carboxylic acids is 1. The Hall–Kier alpha value is -3.40. The zero-order valence-corrected chi connectivity index (χ0v) is 12.9. The molecule has 0 radical (unpaired) electrons. The molecule has 1 aliphatic heterocycles. The minimum Gasteiger partial charge on any atom is -0.360 e. The Bertz CT molecular complexity index is 944. The molecule has 0 unspecified atom stereocenters. The average Bonchev–Trinajstić information content (AvgIpc) is 3.38. The van der Waals surface area contributed by atoms with E-state index >= 15 is 0 Å². The van der Waals surface area contributed by atoms with E-state index in [9.17, 15) is 4.79 Å². The lowest BCUT2D eigenvalue weighted by molar-refractivity contribution is 0.105. The van der Waals surface area contributed by atoms with Crippen LogP contribution in [-0.2, 0) is 0 Å². The van der Waals surface area contributed by atoms with E-state index < -0.39 is 0 Å². The summed E-state index contributed by atoms with van der Waals surface area (Å²) in [6, 6.07) is 17.1. The van der Waals surface area contributed by atoms with Gasteiger partial charge in [-0.2, -0.15) is 0 Å². The number of aromatic nitrogens is 2. The van der Waals surface area contributed by atoms with Crippen molar-refractivity contribution in [1.82, 2.24) is 9.97 Å². The van der Waals surface area contributed by atoms with Gasteiger partial charge in [-0.15, -0.1) is 0 Å². The van der Waals surface area contributed by atoms with Crippen LogP contribution in [0.5, 0.6) is 0 Å². The third kappa shape index (κ3) is 2.54. The van der Waals surface area contributed by atoms with Crippen LogP contribution >= 0.6 is 0 Å². The van der Waals surface area contributed by atoms with Gasteiger partial charge >= 0.3 is 0 Å². The summed E-state index contributed by atoms with van der Waals surface area (Å²) in [6.07, 6.45) is 7.25. The van der Waals surface area contributed by atoms with E-state index in [1.165, 1.54) is 0 Å². The monoisotopic (exact) mass is 313 g/mol. The Morgan fingerprint density at radius 1 is 0.917 bits per heavy atom. The van der Waals surface area contributed by atoms with Gasteiger partial charge in [0.1, 0.15) is 0 Å². The van der Waals surface area contributed by atoms with Crippen molar-refractivity contribution in [1.29, 1.82) is 0 Å². The molecule has 0 bridgehead atoms. The van der Waals surface area contributed by atoms with E-state index in [-0.39, 0.29) is 5.78 Å². The molecule has 3 aromatic rings. The van der Waals surface area contributed by atoms with Gasteiger partial charge in [-0.25, -0.2) is 0 Å². The van der Waals surface area contributed by atoms with Gasteiger partial charge in [-0.3, -0.25) is 9.79 Å². The van der Waals surface area contributed by atoms with Gasteiger partial charge in [0, 0.05) is 18.0 Å². The maximum atomic E-state index is 13.0. The van der Waals surface area contributed by atoms with Crippen molar-refractivity contribution >= 4 is 17.6 Å². The number of nitrogens with one attached hydrogen (secondary N) is 2. The second kappa shape index (κ2) is 6.01. The Morgan fingerprint density at radius 2 is 1.79 bits per heavy atom. The van der Waals surface area contributed by atoms with Crippen molar-refractivity contribution in [3.8, 4) is 11.4 Å². The van der Waals surface area contributed by atoms with Crippen molar-refractivity contribution in [2.75, 3.05) is 0 Å². The smallest absolute Gasteiger partial charge is 0.197 e. The van der Waals surface area contributed by atoms with Crippen LogP contribution in [0.15, 0.2) is 83.6 Å². The molecule has 4 nitrogen and oxygen atoms in total. The van der Waals surface area contributed by atoms with E-state index in [1.807, 2.05) is 72.9 Å². The Balaban J connectivity index is 1.81. The second-order valence-electron chi connectivity index (χ2n) is 5.46. The lowest BCUT2D eigenvalue weighted by Gasteiger charge is -2.07. The minimum atomic E-state index is -0.0471. The van der Waals surface area contributed by atoms with Gasteiger partial charge < -0.3 is 9.97 Å². The Kier molecular flexibility index (Phi) is 3.56. The van der Waals surface area contributed by atoms with Gasteiger partial charge in [-0.05, 0) is 36.4 Å². The van der Waals surface area contributed by atoms with E-state index in [1.54, 1.807) is 6.21 Å². The number of ketones is 1. The van der Waals surface area contributed by atoms with Crippen LogP contribution in [0.3, 0.4) is 0 Å². The molecule has 0 aliphatic carbocycles. The number of rotatable bonds is 4. The molecule has 2 aromatic heterocycles. The fraction of sp³-hybridized carbons (Fsp3) is 0. The maximum Gasteiger partial charge on any atom is 0.197 e. The lowest BCUT2D eigenvalue weighted by Crippen LogP contribution is -2.05. The summed E-state index contributed by atoms with van der Waals surface area (Å²) >= 11 is 0. The first-order valence-corrected chi connectivity index (χ1v) is 7.71. The molecule has 116 valence electrons. The zero-order valence-electron chi connectivity index (χ0n) is 12.9. The highest BCUT2D eigenvalue weighted by atomic mass is 16.1. The molecule has 4 rings (SSSR count). The molecule has 4 heteroatoms. The Morgan fingerprint density at radius 3 is 2.50 bits per heavy atom. The van der Waals surface area contributed by atoms with E-state index in [4.69, 9.17) is 0 Å². The van der Waals surface area contributed by atoms with Crippen LogP contribution in [0.4, 0.5) is 0 Å². The topological polar surface area (TPSA) is 61.0 Å². The molecule has 1 aromatic carbocycles. The second-order valence-corrected chi connectivity index (χ2v) is 5.46. The first-order valence-electron chi connectivity index (χ1n) is 7.71. The Labute approximate surface area is 139 Å². The minimum absolute atomic E-state index is 0.0471. The standard InChI is InChI=1S/C20H15N3O/c24-20(14-6-2-1-3-7-14)19(17-9-5-13-22-17)18-11-10-16(23-18)15-8-4-12-21-15/h1-13,21,23H/b19-17+. The number of carbonyl (C=O) groups is 1. The summed E-state index contributed by atoms with van der Waals surface area (Å²) in [5.41, 5.74) is 4.55. The summed E-state index contributed by atoms with van der Waals surface area (Å²) in [6.45, 7) is 0. The van der Waals surface area contributed by atoms with E-state index in [2.05, 4.69) is 15.0 Å². The molecule has 24 heavy (non-hydrogen) atoms. The zero-order chi connectivity index (χ0) is 16.4. The molecule has 3 heterocycles. The van der Waals surface area contributed by atoms with Gasteiger partial charge in [-0.1, -0.05) is 30.3 Å². The van der Waals surface area contributed by atoms with Crippen LogP contribution in [0.25, 0.3) is 17.0 Å². The first kappa shape index (κ1) is 14.2. The molecular formula is C20H15N3O. The predicted molar refractivity (Wildman–Crippen MR) is 95.9 cm³/mol. The predicted octanol–water partition coefficient (Wildman–Crippen LogP) is 4.24. The van der Waals surface area contributed by atoms with Crippen molar-refractivity contribution in [2.24, 2.45) is 4.99 Å². The van der Waals surface area contributed by atoms with Crippen LogP contribution < -0.4 is 0 Å². The highest BCUT2D eigenvalue weighted by Gasteiger charge is 2.20. The van der Waals surface area contributed by atoms with E-state index in [0.717, 1.165) is 17.1 Å². The van der Waals surface area contributed by atoms with Gasteiger partial charge in [0.2, 0.25) is 0 Å². The molecule has 0 fully saturated rings. The number of Topliss-reactive ketones (excluding diaryl/α,β-unsaturated/α-hetero) is 1. The number of hydrogen-bond acceptors (Lipinski definition) is 2. The van der Waals surface area contributed by atoms with Crippen molar-refractivity contribution < 1.29 is 4.79 Å². The molecular weight excluding hydrogens is 298 g/mol. The lowest BCUT2D eigenvalue weighted by atomic mass is 9.99. The van der Waals surface area contributed by atoms with Crippen LogP contribution in [0, 0.1) is 0 Å². The number of benzene rings is 1. The van der Waals surface area contributed by atoms with Gasteiger partial charge in [0.25, 0.3) is 0 Å². The highest BCUT2D eigenvalue weighted by Crippen LogP contribution is 2.28. The molecule has 0 atom stereocenters. The number of nitrogens with zero attached hydrogens (tertiary/aromatic N) is 1. The first-order chi connectivity index (χ1) is 11.8. The molecule has 0 saturated heterocycles. The fourth-order valence-electron chi connectivity index (χ4n) is 2.75. The van der Waals surface area contributed by atoms with Gasteiger partial charge in [0.05, 0.1) is 28.4 Å². The molecule has 0 spiro atoms. The number of allylic oxidation sites excluding steroid dienone is 3. The average molecular weight is 313 g/mol. The van der Waals surface area contributed by atoms with Crippen LogP contribution in [-0.4, -0.2) is 22.0 Å². The fourth-order valence-corrected chi connectivity index (χ4v) is 2.75. The van der Waals surface area contributed by atoms with Crippen molar-refractivity contribution in [3.05, 3.63) is 89.9 Å². The largest absolute Gasteiger partial charge is 0.360 e. The number of aliphatic imine (C=N–C) groups is 1. The summed E-state index contributed by atoms with van der Waals surface area (Å²) < 4.78 is 0. The SMILES string of the molecule is O=C(/C(=C1\C=CC=N1)c1ccc(-c2ccc[nH]2)[nH]1)c1ccccc1. The highest BCUT2D eigenvalue weighted by molar-refractivity contribution is 6.30. The number of hydrogen-bond donors (Lipinski definition) is 2.